The van der Waals surface area contributed by atoms with Crippen LogP contribution in [0.2, 0.25) is 0 Å². The molecule has 0 aromatic carbocycles. The number of carbonyl (C=O) groups excluding carboxylic acids is 1. The van der Waals surface area contributed by atoms with Gasteiger partial charge in [0.05, 0.1) is 5.56 Å². The van der Waals surface area contributed by atoms with Gasteiger partial charge in [-0.25, -0.2) is 4.98 Å². The molecule has 5 heteroatoms. The van der Waals surface area contributed by atoms with E-state index in [1.165, 1.54) is 12.8 Å². The van der Waals surface area contributed by atoms with Crippen LogP contribution in [0.15, 0.2) is 30.7 Å². The van der Waals surface area contributed by atoms with Gasteiger partial charge in [0.25, 0.3) is 5.91 Å². The first-order chi connectivity index (χ1) is 8.78. The highest BCUT2D eigenvalue weighted by molar-refractivity contribution is 5.94. The number of imidazole rings is 1. The van der Waals surface area contributed by atoms with Gasteiger partial charge in [0.2, 0.25) is 0 Å². The molecule has 3 N–H and O–H groups in total. The van der Waals surface area contributed by atoms with Crippen LogP contribution < -0.4 is 11.1 Å². The molecule has 0 radical (unpaired) electrons. The van der Waals surface area contributed by atoms with Crippen molar-refractivity contribution in [1.29, 1.82) is 0 Å². The number of nitrogens with one attached hydrogen (secondary N) is 1. The summed E-state index contributed by atoms with van der Waals surface area (Å²) in [5.41, 5.74) is 7.16. The van der Waals surface area contributed by atoms with Crippen molar-refractivity contribution in [3.05, 3.63) is 36.3 Å². The summed E-state index contributed by atoms with van der Waals surface area (Å²) in [7, 11) is 0. The first kappa shape index (κ1) is 11.2. The Morgan fingerprint density at radius 1 is 1.56 bits per heavy atom. The Kier molecular flexibility index (Phi) is 2.76. The first-order valence-corrected chi connectivity index (χ1v) is 6.21. The number of nitrogens with two attached hydrogens (primary N) is 1. The molecular formula is C13H16N4O. The van der Waals surface area contributed by atoms with Gasteiger partial charge in [0.15, 0.2) is 0 Å². The molecule has 0 spiro atoms. The summed E-state index contributed by atoms with van der Waals surface area (Å²) in [6, 6.07) is 3.73. The fourth-order valence-electron chi connectivity index (χ4n) is 2.17. The Hall–Kier alpha value is -1.88. The molecule has 2 heterocycles. The van der Waals surface area contributed by atoms with Crippen LogP contribution in [0.1, 0.15) is 23.2 Å². The van der Waals surface area contributed by atoms with Crippen molar-refractivity contribution in [1.82, 2.24) is 14.7 Å². The molecule has 1 saturated carbocycles. The van der Waals surface area contributed by atoms with Gasteiger partial charge in [-0.2, -0.15) is 0 Å². The van der Waals surface area contributed by atoms with Crippen LogP contribution in [0.25, 0.3) is 5.65 Å². The van der Waals surface area contributed by atoms with Crippen molar-refractivity contribution < 1.29 is 4.79 Å². The molecule has 5 nitrogen and oxygen atoms in total. The fraction of sp³-hybridized carbons (Fsp3) is 0.385. The number of carbonyl (C=O) groups is 1. The third-order valence-corrected chi connectivity index (χ3v) is 3.41. The maximum absolute atomic E-state index is 12.1. The zero-order chi connectivity index (χ0) is 12.5. The number of pyridine rings is 1. The average Bonchev–Trinajstić information content (AvgIpc) is 3.12. The highest BCUT2D eigenvalue weighted by Crippen LogP contribution is 2.32. The Balaban J connectivity index is 1.78. The average molecular weight is 244 g/mol. The first-order valence-electron chi connectivity index (χ1n) is 6.21. The summed E-state index contributed by atoms with van der Waals surface area (Å²) in [6.07, 6.45) is 7.67. The van der Waals surface area contributed by atoms with Crippen LogP contribution in [0, 0.1) is 5.92 Å². The highest BCUT2D eigenvalue weighted by atomic mass is 16.1. The van der Waals surface area contributed by atoms with E-state index in [9.17, 15) is 4.79 Å². The zero-order valence-electron chi connectivity index (χ0n) is 10.0. The van der Waals surface area contributed by atoms with Gasteiger partial charge in [-0.05, 0) is 30.9 Å². The molecule has 94 valence electrons. The van der Waals surface area contributed by atoms with Gasteiger partial charge in [-0.3, -0.25) is 4.79 Å². The predicted octanol–water partition coefficient (Wildman–Crippen LogP) is 0.801. The lowest BCUT2D eigenvalue weighted by Crippen LogP contribution is -2.41. The lowest BCUT2D eigenvalue weighted by Gasteiger charge is -2.15. The van der Waals surface area contributed by atoms with E-state index in [0.717, 1.165) is 5.65 Å². The van der Waals surface area contributed by atoms with E-state index in [-0.39, 0.29) is 11.9 Å². The smallest absolute Gasteiger partial charge is 0.253 e. The quantitative estimate of drug-likeness (QED) is 0.835. The van der Waals surface area contributed by atoms with Crippen molar-refractivity contribution in [2.24, 2.45) is 11.7 Å². The number of fused-ring (bicyclic) bond motifs is 1. The largest absolute Gasteiger partial charge is 0.348 e. The highest BCUT2D eigenvalue weighted by Gasteiger charge is 2.31. The van der Waals surface area contributed by atoms with E-state index in [1.54, 1.807) is 18.5 Å². The van der Waals surface area contributed by atoms with E-state index >= 15 is 0 Å². The maximum Gasteiger partial charge on any atom is 0.253 e. The van der Waals surface area contributed by atoms with Gasteiger partial charge < -0.3 is 15.5 Å². The summed E-state index contributed by atoms with van der Waals surface area (Å²) in [5, 5.41) is 3.00. The molecular weight excluding hydrogens is 228 g/mol. The Morgan fingerprint density at radius 3 is 3.11 bits per heavy atom. The molecule has 1 aliphatic carbocycles. The summed E-state index contributed by atoms with van der Waals surface area (Å²) >= 11 is 0. The standard InChI is InChI=1S/C13H16N4O/c14-7-11(9-1-2-9)16-13(18)10-3-4-12-15-5-6-17(12)8-10/h3-6,8-9,11H,1-2,7,14H2,(H,16,18). The van der Waals surface area contributed by atoms with Crippen LogP contribution in [-0.4, -0.2) is 27.9 Å². The maximum atomic E-state index is 12.1. The number of rotatable bonds is 4. The Morgan fingerprint density at radius 2 is 2.39 bits per heavy atom. The number of hydrogen-bond acceptors (Lipinski definition) is 3. The third kappa shape index (κ3) is 2.09. The third-order valence-electron chi connectivity index (χ3n) is 3.41. The summed E-state index contributed by atoms with van der Waals surface area (Å²) in [4.78, 5) is 16.3. The van der Waals surface area contributed by atoms with Gasteiger partial charge >= 0.3 is 0 Å². The normalized spacial score (nSPS) is 16.7. The molecule has 2 aromatic heterocycles. The summed E-state index contributed by atoms with van der Waals surface area (Å²) < 4.78 is 1.84. The van der Waals surface area contributed by atoms with Crippen molar-refractivity contribution in [2.45, 2.75) is 18.9 Å². The van der Waals surface area contributed by atoms with E-state index in [0.29, 0.717) is 18.0 Å². The molecule has 1 amide bonds. The van der Waals surface area contributed by atoms with Crippen LogP contribution in [0.5, 0.6) is 0 Å². The molecule has 0 aliphatic heterocycles. The molecule has 0 saturated heterocycles. The second kappa shape index (κ2) is 4.42. The molecule has 18 heavy (non-hydrogen) atoms. The van der Waals surface area contributed by atoms with Crippen LogP contribution >= 0.6 is 0 Å². The second-order valence-corrected chi connectivity index (χ2v) is 4.76. The lowest BCUT2D eigenvalue weighted by molar-refractivity contribution is 0.0933. The zero-order valence-corrected chi connectivity index (χ0v) is 10.0. The van der Waals surface area contributed by atoms with Crippen LogP contribution in [-0.2, 0) is 0 Å². The van der Waals surface area contributed by atoms with Crippen molar-refractivity contribution >= 4 is 11.6 Å². The number of hydrogen-bond donors (Lipinski definition) is 2. The van der Waals surface area contributed by atoms with Crippen molar-refractivity contribution in [2.75, 3.05) is 6.54 Å². The molecule has 2 aromatic rings. The van der Waals surface area contributed by atoms with Crippen LogP contribution in [0.4, 0.5) is 0 Å². The monoisotopic (exact) mass is 244 g/mol. The topological polar surface area (TPSA) is 72.4 Å². The number of amides is 1. The van der Waals surface area contributed by atoms with Gasteiger partial charge in [0.1, 0.15) is 5.65 Å². The minimum Gasteiger partial charge on any atom is -0.348 e. The van der Waals surface area contributed by atoms with E-state index < -0.39 is 0 Å². The van der Waals surface area contributed by atoms with E-state index in [2.05, 4.69) is 10.3 Å². The predicted molar refractivity (Wildman–Crippen MR) is 68.2 cm³/mol. The van der Waals surface area contributed by atoms with Crippen molar-refractivity contribution in [3.63, 3.8) is 0 Å². The minimum atomic E-state index is -0.0621. The number of nitrogens with zero attached hydrogens (tertiary/aromatic N) is 2. The fourth-order valence-corrected chi connectivity index (χ4v) is 2.17. The molecule has 3 rings (SSSR count). The van der Waals surface area contributed by atoms with Crippen LogP contribution in [0.3, 0.4) is 0 Å². The Bertz CT molecular complexity index is 573. The van der Waals surface area contributed by atoms with Gasteiger partial charge in [0, 0.05) is 31.2 Å². The minimum absolute atomic E-state index is 0.0621. The van der Waals surface area contributed by atoms with Gasteiger partial charge in [-0.15, -0.1) is 0 Å². The molecule has 1 aliphatic rings. The molecule has 1 unspecified atom stereocenters. The summed E-state index contributed by atoms with van der Waals surface area (Å²) in [5.74, 6) is 0.504. The van der Waals surface area contributed by atoms with E-state index in [4.69, 9.17) is 5.73 Å². The van der Waals surface area contributed by atoms with Crippen molar-refractivity contribution in [3.8, 4) is 0 Å². The number of aromatic nitrogens is 2. The Labute approximate surface area is 105 Å². The summed E-state index contributed by atoms with van der Waals surface area (Å²) in [6.45, 7) is 0.504. The second-order valence-electron chi connectivity index (χ2n) is 4.76. The molecule has 1 fully saturated rings. The SMILES string of the molecule is NCC(NC(=O)c1ccc2nccn2c1)C1CC1. The molecule has 0 bridgehead atoms. The lowest BCUT2D eigenvalue weighted by atomic mass is 10.1. The molecule has 1 atom stereocenters. The van der Waals surface area contributed by atoms with Gasteiger partial charge in [-0.1, -0.05) is 0 Å². The van der Waals surface area contributed by atoms with E-state index in [1.807, 2.05) is 16.7 Å².